The zero-order chi connectivity index (χ0) is 21.4. The Morgan fingerprint density at radius 2 is 2.03 bits per heavy atom. The first kappa shape index (κ1) is 20.6. The third kappa shape index (κ3) is 3.73. The monoisotopic (exact) mass is 439 g/mol. The van der Waals surface area contributed by atoms with Crippen LogP contribution in [0.4, 0.5) is 0 Å². The van der Waals surface area contributed by atoms with E-state index in [-0.39, 0.29) is 17.4 Å². The van der Waals surface area contributed by atoms with Gasteiger partial charge in [-0.1, -0.05) is 30.0 Å². The number of nitrogens with zero attached hydrogens (tertiary/aromatic N) is 2. The number of H-pyrrole nitrogens is 1. The lowest BCUT2D eigenvalue weighted by molar-refractivity contribution is 0.0531. The topological polar surface area (TPSA) is 84.9 Å². The number of thioether (sulfide) groups is 1. The van der Waals surface area contributed by atoms with E-state index in [9.17, 15) is 9.59 Å². The van der Waals surface area contributed by atoms with Crippen molar-refractivity contribution in [3.63, 3.8) is 0 Å². The molecule has 1 N–H and O–H groups in total. The number of hydrogen-bond donors (Lipinski definition) is 1. The lowest BCUT2D eigenvalue weighted by atomic mass is 10.1. The fraction of sp³-hybridized carbons (Fsp3) is 0.273. The van der Waals surface area contributed by atoms with Crippen LogP contribution in [0.1, 0.15) is 45.7 Å². The number of para-hydroxylation sites is 1. The van der Waals surface area contributed by atoms with Crippen LogP contribution >= 0.6 is 23.1 Å². The average Bonchev–Trinajstić information content (AvgIpc) is 3.05. The molecule has 4 rings (SSSR count). The Hall–Kier alpha value is -2.71. The van der Waals surface area contributed by atoms with Gasteiger partial charge in [0.15, 0.2) is 0 Å². The Morgan fingerprint density at radius 3 is 2.80 bits per heavy atom. The summed E-state index contributed by atoms with van der Waals surface area (Å²) in [6.45, 7) is 7.84. The fourth-order valence-electron chi connectivity index (χ4n) is 3.36. The summed E-state index contributed by atoms with van der Waals surface area (Å²) < 4.78 is 5.10. The van der Waals surface area contributed by atoms with Crippen molar-refractivity contribution in [2.75, 3.05) is 6.61 Å². The van der Waals surface area contributed by atoms with Gasteiger partial charge >= 0.3 is 5.97 Å². The maximum absolute atomic E-state index is 12.7. The second-order valence-electron chi connectivity index (χ2n) is 6.96. The second kappa shape index (κ2) is 8.20. The number of esters is 1. The first-order chi connectivity index (χ1) is 14.4. The van der Waals surface area contributed by atoms with Gasteiger partial charge in [-0.2, -0.15) is 0 Å². The van der Waals surface area contributed by atoms with Gasteiger partial charge in [-0.3, -0.25) is 4.79 Å². The molecule has 3 heterocycles. The van der Waals surface area contributed by atoms with Crippen molar-refractivity contribution in [1.29, 1.82) is 0 Å². The summed E-state index contributed by atoms with van der Waals surface area (Å²) in [5.41, 5.74) is 2.47. The normalized spacial score (nSPS) is 12.4. The van der Waals surface area contributed by atoms with E-state index in [2.05, 4.69) is 23.0 Å². The van der Waals surface area contributed by atoms with Gasteiger partial charge in [0.1, 0.15) is 15.5 Å². The molecule has 0 bridgehead atoms. The van der Waals surface area contributed by atoms with E-state index in [0.717, 1.165) is 21.5 Å². The Labute approximate surface area is 181 Å². The average molecular weight is 440 g/mol. The van der Waals surface area contributed by atoms with Gasteiger partial charge in [-0.15, -0.1) is 11.3 Å². The molecule has 30 heavy (non-hydrogen) atoms. The van der Waals surface area contributed by atoms with E-state index in [1.165, 1.54) is 23.1 Å². The molecule has 0 radical (unpaired) electrons. The number of carbonyl (C=O) groups excluding carboxylic acids is 1. The van der Waals surface area contributed by atoms with Crippen LogP contribution in [-0.4, -0.2) is 27.5 Å². The van der Waals surface area contributed by atoms with Gasteiger partial charge in [0.05, 0.1) is 27.8 Å². The predicted molar refractivity (Wildman–Crippen MR) is 122 cm³/mol. The Balaban J connectivity index is 1.69. The van der Waals surface area contributed by atoms with Gasteiger partial charge < -0.3 is 9.72 Å². The molecular formula is C22H21N3O3S2. The number of benzene rings is 1. The number of ether oxygens (including phenoxy) is 1. The molecule has 154 valence electrons. The van der Waals surface area contributed by atoms with Gasteiger partial charge in [0.2, 0.25) is 0 Å². The maximum atomic E-state index is 12.7. The van der Waals surface area contributed by atoms with Crippen LogP contribution in [0.25, 0.3) is 21.1 Å². The summed E-state index contributed by atoms with van der Waals surface area (Å²) in [6, 6.07) is 10.1. The van der Waals surface area contributed by atoms with E-state index in [0.29, 0.717) is 26.5 Å². The lowest BCUT2D eigenvalue weighted by Crippen LogP contribution is -2.13. The van der Waals surface area contributed by atoms with Crippen molar-refractivity contribution in [1.82, 2.24) is 15.0 Å². The molecule has 0 spiro atoms. The van der Waals surface area contributed by atoms with Gasteiger partial charge in [0, 0.05) is 5.39 Å². The van der Waals surface area contributed by atoms with Crippen molar-refractivity contribution in [3.05, 3.63) is 62.5 Å². The molecule has 0 amide bonds. The third-order valence-electron chi connectivity index (χ3n) is 4.86. The smallest absolute Gasteiger partial charge is 0.348 e. The number of hydrogen-bond acceptors (Lipinski definition) is 7. The van der Waals surface area contributed by atoms with E-state index in [4.69, 9.17) is 9.72 Å². The van der Waals surface area contributed by atoms with E-state index < -0.39 is 5.97 Å². The highest BCUT2D eigenvalue weighted by atomic mass is 32.2. The summed E-state index contributed by atoms with van der Waals surface area (Å²) in [7, 11) is 0. The molecule has 1 aromatic carbocycles. The number of pyridine rings is 1. The predicted octanol–water partition coefficient (Wildman–Crippen LogP) is 5.18. The number of nitrogens with one attached hydrogen (secondary N) is 1. The number of thiophene rings is 1. The largest absolute Gasteiger partial charge is 0.462 e. The standard InChI is InChI=1S/C22H21N3O3S2/c1-5-28-22(27)18-12(3)17-20(26)24-19(25-21(17)30-18)13(4)29-16-10-11(2)14-8-6-7-9-15(14)23-16/h6-10,13H,5H2,1-4H3,(H,24,25,26). The zero-order valence-corrected chi connectivity index (χ0v) is 18.7. The molecule has 3 aromatic heterocycles. The maximum Gasteiger partial charge on any atom is 0.348 e. The third-order valence-corrected chi connectivity index (χ3v) is 7.05. The molecule has 8 heteroatoms. The minimum atomic E-state index is -0.419. The van der Waals surface area contributed by atoms with Crippen molar-refractivity contribution in [3.8, 4) is 0 Å². The summed E-state index contributed by atoms with van der Waals surface area (Å²) in [5.74, 6) is 0.138. The lowest BCUT2D eigenvalue weighted by Gasteiger charge is -2.11. The minimum absolute atomic E-state index is 0.122. The Kier molecular flexibility index (Phi) is 5.62. The highest BCUT2D eigenvalue weighted by Gasteiger charge is 2.22. The van der Waals surface area contributed by atoms with E-state index >= 15 is 0 Å². The van der Waals surface area contributed by atoms with Crippen molar-refractivity contribution in [2.24, 2.45) is 0 Å². The summed E-state index contributed by atoms with van der Waals surface area (Å²) in [6.07, 6.45) is 0. The molecular weight excluding hydrogens is 418 g/mol. The van der Waals surface area contributed by atoms with Crippen molar-refractivity contribution < 1.29 is 9.53 Å². The van der Waals surface area contributed by atoms with Crippen LogP contribution in [0.2, 0.25) is 0 Å². The summed E-state index contributed by atoms with van der Waals surface area (Å²) >= 11 is 2.74. The summed E-state index contributed by atoms with van der Waals surface area (Å²) in [4.78, 5) is 38.2. The van der Waals surface area contributed by atoms with E-state index in [1.807, 2.05) is 31.2 Å². The van der Waals surface area contributed by atoms with Crippen molar-refractivity contribution in [2.45, 2.75) is 38.0 Å². The minimum Gasteiger partial charge on any atom is -0.462 e. The number of fused-ring (bicyclic) bond motifs is 2. The molecule has 4 aromatic rings. The zero-order valence-electron chi connectivity index (χ0n) is 17.1. The second-order valence-corrected chi connectivity index (χ2v) is 9.32. The van der Waals surface area contributed by atoms with Crippen LogP contribution in [0.15, 0.2) is 40.2 Å². The van der Waals surface area contributed by atoms with Gasteiger partial charge in [0.25, 0.3) is 5.56 Å². The first-order valence-electron chi connectivity index (χ1n) is 9.62. The van der Waals surface area contributed by atoms with Crippen LogP contribution in [0.3, 0.4) is 0 Å². The van der Waals surface area contributed by atoms with Gasteiger partial charge in [-0.25, -0.2) is 14.8 Å². The van der Waals surface area contributed by atoms with Crippen LogP contribution in [0.5, 0.6) is 0 Å². The fourth-order valence-corrected chi connectivity index (χ4v) is 5.42. The SMILES string of the molecule is CCOC(=O)c1sc2nc(C(C)Sc3cc(C)c4ccccc4n3)[nH]c(=O)c2c1C. The van der Waals surface area contributed by atoms with Crippen LogP contribution in [-0.2, 0) is 4.74 Å². The molecule has 0 aliphatic rings. The van der Waals surface area contributed by atoms with Crippen LogP contribution in [0, 0.1) is 13.8 Å². The molecule has 0 aliphatic heterocycles. The number of rotatable bonds is 5. The molecule has 1 unspecified atom stereocenters. The molecule has 6 nitrogen and oxygen atoms in total. The number of aromatic nitrogens is 3. The Bertz CT molecular complexity index is 1330. The highest BCUT2D eigenvalue weighted by Crippen LogP contribution is 2.35. The van der Waals surface area contributed by atoms with Gasteiger partial charge in [-0.05, 0) is 51.0 Å². The van der Waals surface area contributed by atoms with Crippen molar-refractivity contribution >= 4 is 50.2 Å². The number of carbonyl (C=O) groups is 1. The quantitative estimate of drug-likeness (QED) is 0.341. The number of aryl methyl sites for hydroxylation is 2. The molecule has 1 atom stereocenters. The first-order valence-corrected chi connectivity index (χ1v) is 11.3. The highest BCUT2D eigenvalue weighted by molar-refractivity contribution is 7.99. The molecule has 0 fully saturated rings. The number of aromatic amines is 1. The molecule has 0 saturated heterocycles. The summed E-state index contributed by atoms with van der Waals surface area (Å²) in [5, 5.41) is 2.33. The van der Waals surface area contributed by atoms with E-state index in [1.54, 1.807) is 13.8 Å². The molecule has 0 aliphatic carbocycles. The Morgan fingerprint density at radius 1 is 1.27 bits per heavy atom. The van der Waals surface area contributed by atoms with Crippen LogP contribution < -0.4 is 5.56 Å². The molecule has 0 saturated carbocycles.